The van der Waals surface area contributed by atoms with Crippen LogP contribution in [-0.4, -0.2) is 37.5 Å². The van der Waals surface area contributed by atoms with Gasteiger partial charge in [0.05, 0.1) is 18.7 Å². The van der Waals surface area contributed by atoms with Crippen LogP contribution >= 0.6 is 0 Å². The summed E-state index contributed by atoms with van der Waals surface area (Å²) < 4.78 is 5.17. The fourth-order valence-electron chi connectivity index (χ4n) is 2.54. The zero-order valence-electron chi connectivity index (χ0n) is 14.4. The molecule has 0 radical (unpaired) electrons. The van der Waals surface area contributed by atoms with Crippen LogP contribution in [0.1, 0.15) is 11.3 Å². The number of aryl methyl sites for hydroxylation is 1. The van der Waals surface area contributed by atoms with Crippen molar-refractivity contribution in [2.75, 3.05) is 17.7 Å². The molecule has 4 aromatic rings. The summed E-state index contributed by atoms with van der Waals surface area (Å²) >= 11 is 0. The van der Waals surface area contributed by atoms with E-state index in [0.29, 0.717) is 29.8 Å². The summed E-state index contributed by atoms with van der Waals surface area (Å²) in [4.78, 5) is 9.01. The number of fused-ring (bicyclic) bond motifs is 1. The summed E-state index contributed by atoms with van der Waals surface area (Å²) in [5, 5.41) is 21.2. The van der Waals surface area contributed by atoms with Crippen LogP contribution in [0.3, 0.4) is 0 Å². The SMILES string of the molecule is COc1ccc(CNc2nc(Nc3cc(C)[nH]n3)c3cn[nH]c3n2)cc1. The van der Waals surface area contributed by atoms with Gasteiger partial charge in [-0.15, -0.1) is 0 Å². The van der Waals surface area contributed by atoms with E-state index in [9.17, 15) is 0 Å². The number of hydrogen-bond acceptors (Lipinski definition) is 7. The molecule has 9 heteroatoms. The Kier molecular flexibility index (Phi) is 4.10. The van der Waals surface area contributed by atoms with E-state index >= 15 is 0 Å². The fourth-order valence-corrected chi connectivity index (χ4v) is 2.54. The minimum atomic E-state index is 0.493. The zero-order chi connectivity index (χ0) is 17.9. The maximum absolute atomic E-state index is 5.17. The van der Waals surface area contributed by atoms with E-state index < -0.39 is 0 Å². The second-order valence-corrected chi connectivity index (χ2v) is 5.79. The second-order valence-electron chi connectivity index (χ2n) is 5.79. The van der Waals surface area contributed by atoms with Crippen LogP contribution in [0.4, 0.5) is 17.6 Å². The minimum absolute atomic E-state index is 0.493. The molecule has 0 saturated heterocycles. The first kappa shape index (κ1) is 15.9. The van der Waals surface area contributed by atoms with Gasteiger partial charge in [-0.1, -0.05) is 12.1 Å². The van der Waals surface area contributed by atoms with Gasteiger partial charge in [0, 0.05) is 18.3 Å². The van der Waals surface area contributed by atoms with E-state index in [1.54, 1.807) is 13.3 Å². The van der Waals surface area contributed by atoms with Gasteiger partial charge in [0.2, 0.25) is 5.95 Å². The highest BCUT2D eigenvalue weighted by Gasteiger charge is 2.11. The predicted molar refractivity (Wildman–Crippen MR) is 98.6 cm³/mol. The summed E-state index contributed by atoms with van der Waals surface area (Å²) in [6.07, 6.45) is 1.68. The number of anilines is 3. The quantitative estimate of drug-likeness (QED) is 0.422. The number of benzene rings is 1. The van der Waals surface area contributed by atoms with E-state index in [1.165, 1.54) is 0 Å². The van der Waals surface area contributed by atoms with Crippen molar-refractivity contribution >= 4 is 28.6 Å². The van der Waals surface area contributed by atoms with Crippen molar-refractivity contribution in [2.24, 2.45) is 0 Å². The molecule has 0 aliphatic carbocycles. The van der Waals surface area contributed by atoms with E-state index in [1.807, 2.05) is 37.3 Å². The van der Waals surface area contributed by atoms with Crippen molar-refractivity contribution in [3.05, 3.63) is 47.8 Å². The Morgan fingerprint density at radius 1 is 1.12 bits per heavy atom. The zero-order valence-corrected chi connectivity index (χ0v) is 14.4. The van der Waals surface area contributed by atoms with E-state index in [0.717, 1.165) is 22.4 Å². The third kappa shape index (κ3) is 3.27. The molecule has 0 unspecified atom stereocenters. The molecule has 0 spiro atoms. The molecule has 132 valence electrons. The van der Waals surface area contributed by atoms with Crippen LogP contribution in [0.15, 0.2) is 36.5 Å². The molecule has 3 aromatic heterocycles. The third-order valence-electron chi connectivity index (χ3n) is 3.87. The minimum Gasteiger partial charge on any atom is -0.497 e. The number of hydrogen-bond donors (Lipinski definition) is 4. The Morgan fingerprint density at radius 3 is 2.69 bits per heavy atom. The largest absolute Gasteiger partial charge is 0.497 e. The molecular formula is C17H18N8O. The van der Waals surface area contributed by atoms with Crippen LogP contribution in [0.2, 0.25) is 0 Å². The van der Waals surface area contributed by atoms with Gasteiger partial charge in [0.15, 0.2) is 11.5 Å². The summed E-state index contributed by atoms with van der Waals surface area (Å²) in [5.74, 6) is 2.63. The van der Waals surface area contributed by atoms with Crippen molar-refractivity contribution in [1.82, 2.24) is 30.4 Å². The van der Waals surface area contributed by atoms with Gasteiger partial charge >= 0.3 is 0 Å². The molecule has 0 atom stereocenters. The Labute approximate surface area is 149 Å². The van der Waals surface area contributed by atoms with E-state index in [-0.39, 0.29) is 0 Å². The Hall–Kier alpha value is -3.62. The Morgan fingerprint density at radius 2 is 1.96 bits per heavy atom. The number of H-pyrrole nitrogens is 2. The molecule has 0 saturated carbocycles. The average molecular weight is 350 g/mol. The maximum Gasteiger partial charge on any atom is 0.226 e. The number of nitrogens with one attached hydrogen (secondary N) is 4. The number of rotatable bonds is 6. The number of aromatic amines is 2. The molecule has 0 amide bonds. The van der Waals surface area contributed by atoms with E-state index in [4.69, 9.17) is 4.74 Å². The lowest BCUT2D eigenvalue weighted by atomic mass is 10.2. The lowest BCUT2D eigenvalue weighted by molar-refractivity contribution is 0.414. The maximum atomic E-state index is 5.17. The number of aromatic nitrogens is 6. The van der Waals surface area contributed by atoms with Gasteiger partial charge in [0.25, 0.3) is 0 Å². The highest BCUT2D eigenvalue weighted by molar-refractivity contribution is 5.88. The number of ether oxygens (including phenoxy) is 1. The number of nitrogens with zero attached hydrogens (tertiary/aromatic N) is 4. The highest BCUT2D eigenvalue weighted by Crippen LogP contribution is 2.23. The monoisotopic (exact) mass is 350 g/mol. The van der Waals surface area contributed by atoms with Gasteiger partial charge in [-0.2, -0.15) is 20.2 Å². The lowest BCUT2D eigenvalue weighted by Crippen LogP contribution is -2.06. The topological polar surface area (TPSA) is 116 Å². The van der Waals surface area contributed by atoms with Crippen LogP contribution in [-0.2, 0) is 6.54 Å². The summed E-state index contributed by atoms with van der Waals surface area (Å²) in [6, 6.07) is 9.72. The second kappa shape index (κ2) is 6.71. The summed E-state index contributed by atoms with van der Waals surface area (Å²) in [6.45, 7) is 2.53. The molecule has 26 heavy (non-hydrogen) atoms. The average Bonchev–Trinajstić information content (AvgIpc) is 3.29. The Bertz CT molecular complexity index is 1020. The molecule has 4 N–H and O–H groups in total. The molecule has 9 nitrogen and oxygen atoms in total. The van der Waals surface area contributed by atoms with Crippen molar-refractivity contribution in [3.8, 4) is 5.75 Å². The lowest BCUT2D eigenvalue weighted by Gasteiger charge is -2.09. The number of methoxy groups -OCH3 is 1. The first-order valence-electron chi connectivity index (χ1n) is 8.08. The smallest absolute Gasteiger partial charge is 0.226 e. The molecular weight excluding hydrogens is 332 g/mol. The van der Waals surface area contributed by atoms with Gasteiger partial charge < -0.3 is 15.4 Å². The highest BCUT2D eigenvalue weighted by atomic mass is 16.5. The van der Waals surface area contributed by atoms with Crippen LogP contribution in [0.5, 0.6) is 5.75 Å². The first-order valence-corrected chi connectivity index (χ1v) is 8.08. The van der Waals surface area contributed by atoms with Crippen LogP contribution < -0.4 is 15.4 Å². The summed E-state index contributed by atoms with van der Waals surface area (Å²) in [7, 11) is 1.65. The summed E-state index contributed by atoms with van der Waals surface area (Å²) in [5.41, 5.74) is 2.70. The fraction of sp³-hybridized carbons (Fsp3) is 0.176. The van der Waals surface area contributed by atoms with Crippen LogP contribution in [0, 0.1) is 6.92 Å². The molecule has 1 aromatic carbocycles. The van der Waals surface area contributed by atoms with Gasteiger partial charge in [-0.25, -0.2) is 0 Å². The van der Waals surface area contributed by atoms with Crippen molar-refractivity contribution in [2.45, 2.75) is 13.5 Å². The van der Waals surface area contributed by atoms with Crippen molar-refractivity contribution in [3.63, 3.8) is 0 Å². The molecule has 0 bridgehead atoms. The molecule has 4 rings (SSSR count). The van der Waals surface area contributed by atoms with Crippen molar-refractivity contribution in [1.29, 1.82) is 0 Å². The molecule has 0 aliphatic heterocycles. The normalized spacial score (nSPS) is 10.8. The van der Waals surface area contributed by atoms with Crippen molar-refractivity contribution < 1.29 is 4.74 Å². The standard InChI is InChI=1S/C17H18N8O/c1-10-7-14(24-23-10)20-15-13-9-19-25-16(13)22-17(21-15)18-8-11-3-5-12(26-2)6-4-11/h3-7,9H,8H2,1-2H3,(H4,18,19,20,21,22,23,24,25). The van der Waals surface area contributed by atoms with Gasteiger partial charge in [-0.3, -0.25) is 10.2 Å². The molecule has 0 fully saturated rings. The van der Waals surface area contributed by atoms with Crippen LogP contribution in [0.25, 0.3) is 11.0 Å². The first-order chi connectivity index (χ1) is 12.7. The Balaban J connectivity index is 1.56. The predicted octanol–water partition coefficient (Wildman–Crippen LogP) is 2.75. The van der Waals surface area contributed by atoms with E-state index in [2.05, 4.69) is 41.0 Å². The molecule has 0 aliphatic rings. The van der Waals surface area contributed by atoms with Gasteiger partial charge in [0.1, 0.15) is 11.6 Å². The molecule has 3 heterocycles. The third-order valence-corrected chi connectivity index (χ3v) is 3.87. The van der Waals surface area contributed by atoms with Gasteiger partial charge in [-0.05, 0) is 24.6 Å².